The summed E-state index contributed by atoms with van der Waals surface area (Å²) in [5, 5.41) is -0.0463. The molecule has 1 unspecified atom stereocenters. The minimum atomic E-state index is -0.386. The second-order valence-electron chi connectivity index (χ2n) is 1.88. The van der Waals surface area contributed by atoms with Crippen LogP contribution in [0.25, 0.3) is 0 Å². The van der Waals surface area contributed by atoms with Crippen molar-refractivity contribution in [2.45, 2.75) is 25.0 Å². The van der Waals surface area contributed by atoms with Crippen molar-refractivity contribution in [2.24, 2.45) is 10.3 Å². The van der Waals surface area contributed by atoms with Crippen molar-refractivity contribution in [1.29, 1.82) is 0 Å². The molecular formula is C5H10N2O2S. The molecule has 10 heavy (non-hydrogen) atoms. The molecule has 0 aliphatic carbocycles. The lowest BCUT2D eigenvalue weighted by molar-refractivity contribution is -0.118. The summed E-state index contributed by atoms with van der Waals surface area (Å²) in [4.78, 5) is 20.0. The first-order valence-corrected chi connectivity index (χ1v) is 3.81. The molecule has 1 atom stereocenters. The Bertz CT molecular complexity index is 129. The van der Waals surface area contributed by atoms with Crippen LogP contribution in [0.4, 0.5) is 0 Å². The monoisotopic (exact) mass is 162 g/mol. The van der Waals surface area contributed by atoms with Gasteiger partial charge < -0.3 is 5.73 Å². The van der Waals surface area contributed by atoms with Crippen LogP contribution in [0.2, 0.25) is 0 Å². The normalized spacial score (nSPS) is 12.5. The molecule has 0 spiro atoms. The highest BCUT2D eigenvalue weighted by molar-refractivity contribution is 7.98. The van der Waals surface area contributed by atoms with Crippen LogP contribution < -0.4 is 5.73 Å². The largest absolute Gasteiger partial charge is 0.370 e. The van der Waals surface area contributed by atoms with Crippen LogP contribution >= 0.6 is 11.9 Å². The second kappa shape index (κ2) is 5.22. The van der Waals surface area contributed by atoms with Gasteiger partial charge in [0.15, 0.2) is 0 Å². The molecule has 0 aliphatic heterocycles. The van der Waals surface area contributed by atoms with Crippen LogP contribution in [0.5, 0.6) is 0 Å². The maximum absolute atomic E-state index is 10.3. The standard InChI is InChI=1S/C5H10N2O2S/c1-2-4(10-7-9)3-5(6)8/h4H,2-3H2,1H3,(H2,6,8). The Morgan fingerprint density at radius 1 is 1.80 bits per heavy atom. The number of rotatable bonds is 5. The minimum Gasteiger partial charge on any atom is -0.370 e. The Morgan fingerprint density at radius 2 is 2.40 bits per heavy atom. The molecule has 4 nitrogen and oxygen atoms in total. The molecule has 0 rings (SSSR count). The van der Waals surface area contributed by atoms with Gasteiger partial charge in [-0.15, -0.1) is 4.91 Å². The second-order valence-corrected chi connectivity index (χ2v) is 2.91. The molecule has 0 aromatic carbocycles. The van der Waals surface area contributed by atoms with Crippen LogP contribution in [-0.4, -0.2) is 11.2 Å². The van der Waals surface area contributed by atoms with E-state index in [1.165, 1.54) is 0 Å². The van der Waals surface area contributed by atoms with Crippen molar-refractivity contribution >= 4 is 17.9 Å². The Labute approximate surface area is 63.7 Å². The van der Waals surface area contributed by atoms with Gasteiger partial charge in [0.2, 0.25) is 5.91 Å². The number of nitrogens with zero attached hydrogens (tertiary/aromatic N) is 1. The summed E-state index contributed by atoms with van der Waals surface area (Å²) >= 11 is 0.873. The number of carbonyl (C=O) groups is 1. The van der Waals surface area contributed by atoms with Crippen molar-refractivity contribution in [1.82, 2.24) is 0 Å². The first-order chi connectivity index (χ1) is 4.70. The van der Waals surface area contributed by atoms with E-state index in [0.717, 1.165) is 18.4 Å². The van der Waals surface area contributed by atoms with Gasteiger partial charge in [-0.2, -0.15) is 0 Å². The molecule has 0 aromatic rings. The highest BCUT2D eigenvalue weighted by Crippen LogP contribution is 2.17. The number of hydrogen-bond acceptors (Lipinski definition) is 4. The molecule has 0 saturated carbocycles. The summed E-state index contributed by atoms with van der Waals surface area (Å²) < 4.78 is 2.62. The summed E-state index contributed by atoms with van der Waals surface area (Å²) in [6, 6.07) is 0. The first-order valence-electron chi connectivity index (χ1n) is 2.97. The van der Waals surface area contributed by atoms with Crippen molar-refractivity contribution in [3.63, 3.8) is 0 Å². The summed E-state index contributed by atoms with van der Waals surface area (Å²) in [6.07, 6.45) is 0.965. The zero-order chi connectivity index (χ0) is 7.98. The molecule has 58 valence electrons. The van der Waals surface area contributed by atoms with E-state index in [9.17, 15) is 9.70 Å². The molecule has 2 N–H and O–H groups in total. The van der Waals surface area contributed by atoms with Gasteiger partial charge in [0.05, 0.1) is 0 Å². The van der Waals surface area contributed by atoms with E-state index in [-0.39, 0.29) is 17.6 Å². The van der Waals surface area contributed by atoms with Crippen LogP contribution in [0.1, 0.15) is 19.8 Å². The number of nitroso groups, excluding NO2 is 1. The van der Waals surface area contributed by atoms with E-state index in [1.54, 1.807) is 0 Å². The highest BCUT2D eigenvalue weighted by Gasteiger charge is 2.09. The lowest BCUT2D eigenvalue weighted by Gasteiger charge is -2.04. The Balaban J connectivity index is 3.59. The molecule has 1 amide bonds. The SMILES string of the molecule is CCC(CC(N)=O)SN=O. The number of primary amides is 1. The zero-order valence-corrected chi connectivity index (χ0v) is 6.56. The maximum atomic E-state index is 10.3. The topological polar surface area (TPSA) is 72.5 Å². The smallest absolute Gasteiger partial charge is 0.218 e. The lowest BCUT2D eigenvalue weighted by atomic mass is 10.2. The fourth-order valence-corrected chi connectivity index (χ4v) is 1.05. The van der Waals surface area contributed by atoms with Crippen molar-refractivity contribution < 1.29 is 4.79 Å². The maximum Gasteiger partial charge on any atom is 0.218 e. The summed E-state index contributed by atoms with van der Waals surface area (Å²) in [6.45, 7) is 1.88. The van der Waals surface area contributed by atoms with E-state index in [2.05, 4.69) is 4.58 Å². The summed E-state index contributed by atoms with van der Waals surface area (Å²) in [5.41, 5.74) is 4.90. The molecule has 0 radical (unpaired) electrons. The fourth-order valence-electron chi connectivity index (χ4n) is 0.541. The highest BCUT2D eigenvalue weighted by atomic mass is 32.2. The van der Waals surface area contributed by atoms with Crippen LogP contribution in [0, 0.1) is 4.91 Å². The Morgan fingerprint density at radius 3 is 2.70 bits per heavy atom. The third-order valence-electron chi connectivity index (χ3n) is 1.08. The van der Waals surface area contributed by atoms with Crippen molar-refractivity contribution in [3.05, 3.63) is 4.91 Å². The van der Waals surface area contributed by atoms with Gasteiger partial charge in [-0.3, -0.25) is 4.79 Å². The average Bonchev–Trinajstić information content (AvgIpc) is 1.86. The molecule has 0 heterocycles. The number of nitrogens with two attached hydrogens (primary N) is 1. The number of carbonyl (C=O) groups excluding carboxylic acids is 1. The van der Waals surface area contributed by atoms with E-state index < -0.39 is 0 Å². The van der Waals surface area contributed by atoms with Crippen LogP contribution in [0.15, 0.2) is 4.58 Å². The predicted octanol–water partition coefficient (Wildman–Crippen LogP) is 1.05. The van der Waals surface area contributed by atoms with Crippen LogP contribution in [-0.2, 0) is 4.79 Å². The predicted molar refractivity (Wildman–Crippen MR) is 41.3 cm³/mol. The molecule has 0 aliphatic rings. The summed E-state index contributed by atoms with van der Waals surface area (Å²) in [7, 11) is 0. The average molecular weight is 162 g/mol. The number of hydrogen-bond donors (Lipinski definition) is 1. The molecule has 0 aromatic heterocycles. The number of amides is 1. The molecular weight excluding hydrogens is 152 g/mol. The van der Waals surface area contributed by atoms with Crippen molar-refractivity contribution in [3.8, 4) is 0 Å². The van der Waals surface area contributed by atoms with Gasteiger partial charge in [0.1, 0.15) is 0 Å². The third kappa shape index (κ3) is 4.31. The van der Waals surface area contributed by atoms with Gasteiger partial charge in [-0.1, -0.05) is 6.92 Å². The van der Waals surface area contributed by atoms with Crippen LogP contribution in [0.3, 0.4) is 0 Å². The van der Waals surface area contributed by atoms with E-state index >= 15 is 0 Å². The summed E-state index contributed by atoms with van der Waals surface area (Å²) in [5.74, 6) is -0.386. The quantitative estimate of drug-likeness (QED) is 0.485. The van der Waals surface area contributed by atoms with Crippen molar-refractivity contribution in [2.75, 3.05) is 0 Å². The van der Waals surface area contributed by atoms with Gasteiger partial charge in [0.25, 0.3) is 0 Å². The Kier molecular flexibility index (Phi) is 4.92. The van der Waals surface area contributed by atoms with E-state index in [4.69, 9.17) is 5.73 Å². The molecule has 0 bridgehead atoms. The third-order valence-corrected chi connectivity index (χ3v) is 1.96. The van der Waals surface area contributed by atoms with E-state index in [1.807, 2.05) is 6.92 Å². The fraction of sp³-hybridized carbons (Fsp3) is 0.800. The molecule has 0 fully saturated rings. The Hall–Kier alpha value is -0.580. The van der Waals surface area contributed by atoms with E-state index in [0.29, 0.717) is 0 Å². The van der Waals surface area contributed by atoms with Gasteiger partial charge >= 0.3 is 0 Å². The zero-order valence-electron chi connectivity index (χ0n) is 5.74. The minimum absolute atomic E-state index is 0.0463. The first kappa shape index (κ1) is 9.42. The van der Waals surface area contributed by atoms with Gasteiger partial charge in [-0.25, -0.2) is 0 Å². The molecule has 5 heteroatoms. The lowest BCUT2D eigenvalue weighted by Crippen LogP contribution is -2.16. The molecule has 0 saturated heterocycles. The van der Waals surface area contributed by atoms with Gasteiger partial charge in [-0.05, 0) is 6.42 Å². The van der Waals surface area contributed by atoms with Gasteiger partial charge in [0, 0.05) is 28.2 Å².